The molecule has 1 heterocycles. The van der Waals surface area contributed by atoms with Gasteiger partial charge in [-0.15, -0.1) is 24.8 Å². The summed E-state index contributed by atoms with van der Waals surface area (Å²) in [6.07, 6.45) is 0. The summed E-state index contributed by atoms with van der Waals surface area (Å²) in [4.78, 5) is 2.21. The first-order chi connectivity index (χ1) is 9.49. The average molecular weight is 369 g/mol. The molecular formula is C15H27Cl2FN2OSi. The van der Waals surface area contributed by atoms with Crippen LogP contribution >= 0.6 is 24.8 Å². The molecule has 1 atom stereocenters. The van der Waals surface area contributed by atoms with E-state index in [1.807, 2.05) is 24.3 Å². The molecule has 0 aromatic heterocycles. The lowest BCUT2D eigenvalue weighted by molar-refractivity contribution is 0.147. The van der Waals surface area contributed by atoms with Crippen molar-refractivity contribution in [2.24, 2.45) is 0 Å². The van der Waals surface area contributed by atoms with E-state index in [1.165, 1.54) is 0 Å². The van der Waals surface area contributed by atoms with Crippen molar-refractivity contribution in [3.05, 3.63) is 29.8 Å². The molecule has 1 aliphatic heterocycles. The van der Waals surface area contributed by atoms with Crippen molar-refractivity contribution in [2.75, 3.05) is 32.9 Å². The number of hydrogen-bond donors (Lipinski definition) is 1. The van der Waals surface area contributed by atoms with Crippen LogP contribution in [-0.4, -0.2) is 46.1 Å². The highest BCUT2D eigenvalue weighted by Gasteiger charge is 2.22. The van der Waals surface area contributed by atoms with Gasteiger partial charge in [0, 0.05) is 26.2 Å². The molecular weight excluding hydrogens is 342 g/mol. The molecule has 2 rings (SSSR count). The van der Waals surface area contributed by atoms with Crippen LogP contribution in [0, 0.1) is 0 Å². The summed E-state index contributed by atoms with van der Waals surface area (Å²) in [7, 11) is -1.58. The number of piperazine rings is 1. The summed E-state index contributed by atoms with van der Waals surface area (Å²) < 4.78 is 19.4. The first kappa shape index (κ1) is 21.7. The summed E-state index contributed by atoms with van der Waals surface area (Å²) in [5, 5.41) is 3.30. The number of rotatable bonds is 5. The van der Waals surface area contributed by atoms with Crippen LogP contribution in [0.2, 0.25) is 19.6 Å². The van der Waals surface area contributed by atoms with Gasteiger partial charge in [0.2, 0.25) is 8.32 Å². The Morgan fingerprint density at radius 1 is 1.14 bits per heavy atom. The zero-order valence-electron chi connectivity index (χ0n) is 13.5. The van der Waals surface area contributed by atoms with Crippen molar-refractivity contribution >= 4 is 33.1 Å². The van der Waals surface area contributed by atoms with E-state index < -0.39 is 8.32 Å². The van der Waals surface area contributed by atoms with Crippen LogP contribution in [0.4, 0.5) is 4.39 Å². The van der Waals surface area contributed by atoms with Crippen molar-refractivity contribution in [2.45, 2.75) is 25.7 Å². The van der Waals surface area contributed by atoms with Gasteiger partial charge < -0.3 is 9.74 Å². The Balaban J connectivity index is 0.00000220. The SMILES string of the molecule is C[Si](C)(C)Oc1ccc([C@H](CF)N2CCNCC2)cc1.Cl.Cl. The fraction of sp³-hybridized carbons (Fsp3) is 0.600. The molecule has 0 unspecified atom stereocenters. The average Bonchev–Trinajstić information content (AvgIpc) is 2.41. The number of halogens is 3. The highest BCUT2D eigenvalue weighted by molar-refractivity contribution is 6.70. The van der Waals surface area contributed by atoms with Crippen molar-refractivity contribution in [3.63, 3.8) is 0 Å². The Morgan fingerprint density at radius 3 is 2.14 bits per heavy atom. The summed E-state index contributed by atoms with van der Waals surface area (Å²) in [5.74, 6) is 0.894. The minimum atomic E-state index is -1.58. The minimum absolute atomic E-state index is 0. The highest BCUT2D eigenvalue weighted by Crippen LogP contribution is 2.25. The third kappa shape index (κ3) is 6.42. The number of nitrogens with one attached hydrogen (secondary N) is 1. The lowest BCUT2D eigenvalue weighted by atomic mass is 10.1. The Bertz CT molecular complexity index is 423. The van der Waals surface area contributed by atoms with Gasteiger partial charge in [0.15, 0.2) is 0 Å². The standard InChI is InChI=1S/C15H25FN2OSi.2ClH/c1-20(2,3)19-14-6-4-13(5-7-14)15(12-16)18-10-8-17-9-11-18;;/h4-7,15,17H,8-12H2,1-3H3;2*1H/t15-;;/m0../s1. The lowest BCUT2D eigenvalue weighted by Gasteiger charge is -2.33. The molecule has 0 saturated carbocycles. The van der Waals surface area contributed by atoms with E-state index >= 15 is 0 Å². The molecule has 0 aliphatic carbocycles. The summed E-state index contributed by atoms with van der Waals surface area (Å²) >= 11 is 0. The number of alkyl halides is 1. The van der Waals surface area contributed by atoms with Gasteiger partial charge in [-0.05, 0) is 37.3 Å². The van der Waals surface area contributed by atoms with Gasteiger partial charge >= 0.3 is 0 Å². The second-order valence-electron chi connectivity index (χ2n) is 6.24. The van der Waals surface area contributed by atoms with E-state index in [0.29, 0.717) is 0 Å². The zero-order chi connectivity index (χ0) is 14.6. The fourth-order valence-corrected chi connectivity index (χ4v) is 3.35. The van der Waals surface area contributed by atoms with Crippen LogP contribution in [0.3, 0.4) is 0 Å². The predicted molar refractivity (Wildman–Crippen MR) is 98.1 cm³/mol. The molecule has 22 heavy (non-hydrogen) atoms. The summed E-state index contributed by atoms with van der Waals surface area (Å²) in [5.41, 5.74) is 1.04. The second-order valence-corrected chi connectivity index (χ2v) is 10.7. The van der Waals surface area contributed by atoms with E-state index in [2.05, 4.69) is 29.9 Å². The van der Waals surface area contributed by atoms with Crippen LogP contribution < -0.4 is 9.74 Å². The maximum Gasteiger partial charge on any atom is 0.242 e. The molecule has 1 aromatic rings. The van der Waals surface area contributed by atoms with Gasteiger partial charge in [0.05, 0.1) is 6.04 Å². The van der Waals surface area contributed by atoms with Crippen LogP contribution in [0.25, 0.3) is 0 Å². The maximum atomic E-state index is 13.4. The van der Waals surface area contributed by atoms with Gasteiger partial charge in [0.1, 0.15) is 12.4 Å². The van der Waals surface area contributed by atoms with E-state index in [4.69, 9.17) is 4.43 Å². The first-order valence-corrected chi connectivity index (χ1v) is 10.7. The molecule has 1 aromatic carbocycles. The molecule has 1 saturated heterocycles. The molecule has 0 bridgehead atoms. The minimum Gasteiger partial charge on any atom is -0.544 e. The van der Waals surface area contributed by atoms with Gasteiger partial charge in [-0.3, -0.25) is 4.90 Å². The molecule has 0 spiro atoms. The topological polar surface area (TPSA) is 24.5 Å². The van der Waals surface area contributed by atoms with Gasteiger partial charge in [-0.1, -0.05) is 12.1 Å². The lowest BCUT2D eigenvalue weighted by Crippen LogP contribution is -2.45. The van der Waals surface area contributed by atoms with E-state index in [-0.39, 0.29) is 37.5 Å². The molecule has 0 radical (unpaired) electrons. The Morgan fingerprint density at radius 2 is 1.68 bits per heavy atom. The Hall–Kier alpha value is -0.333. The normalized spacial score (nSPS) is 17.1. The van der Waals surface area contributed by atoms with Crippen LogP contribution in [0.5, 0.6) is 5.75 Å². The maximum absolute atomic E-state index is 13.4. The third-order valence-electron chi connectivity index (χ3n) is 3.43. The van der Waals surface area contributed by atoms with Crippen molar-refractivity contribution in [1.29, 1.82) is 0 Å². The highest BCUT2D eigenvalue weighted by atomic mass is 35.5. The molecule has 3 nitrogen and oxygen atoms in total. The van der Waals surface area contributed by atoms with Crippen LogP contribution in [-0.2, 0) is 0 Å². The van der Waals surface area contributed by atoms with Crippen molar-refractivity contribution in [1.82, 2.24) is 10.2 Å². The monoisotopic (exact) mass is 368 g/mol. The van der Waals surface area contributed by atoms with E-state index in [9.17, 15) is 4.39 Å². The number of nitrogens with zero attached hydrogens (tertiary/aromatic N) is 1. The predicted octanol–water partition coefficient (Wildman–Crippen LogP) is 3.66. The van der Waals surface area contributed by atoms with Gasteiger partial charge in [-0.25, -0.2) is 4.39 Å². The number of benzene rings is 1. The van der Waals surface area contributed by atoms with E-state index in [1.54, 1.807) is 0 Å². The van der Waals surface area contributed by atoms with Crippen LogP contribution in [0.15, 0.2) is 24.3 Å². The molecule has 1 fully saturated rings. The summed E-state index contributed by atoms with van der Waals surface area (Å²) in [6, 6.07) is 7.82. The van der Waals surface area contributed by atoms with Gasteiger partial charge in [-0.2, -0.15) is 0 Å². The van der Waals surface area contributed by atoms with Crippen LogP contribution in [0.1, 0.15) is 11.6 Å². The second kappa shape index (κ2) is 9.73. The number of hydrogen-bond acceptors (Lipinski definition) is 3. The largest absolute Gasteiger partial charge is 0.544 e. The molecule has 1 N–H and O–H groups in total. The summed E-state index contributed by atoms with van der Waals surface area (Å²) in [6.45, 7) is 9.82. The molecule has 7 heteroatoms. The fourth-order valence-electron chi connectivity index (χ4n) is 2.50. The Labute approximate surface area is 146 Å². The molecule has 0 amide bonds. The smallest absolute Gasteiger partial charge is 0.242 e. The third-order valence-corrected chi connectivity index (χ3v) is 4.28. The zero-order valence-corrected chi connectivity index (χ0v) is 16.1. The molecule has 128 valence electrons. The van der Waals surface area contributed by atoms with Crippen molar-refractivity contribution in [3.8, 4) is 5.75 Å². The molecule has 1 aliphatic rings. The van der Waals surface area contributed by atoms with Crippen molar-refractivity contribution < 1.29 is 8.82 Å². The van der Waals surface area contributed by atoms with E-state index in [0.717, 1.165) is 37.5 Å². The van der Waals surface area contributed by atoms with Gasteiger partial charge in [0.25, 0.3) is 0 Å². The first-order valence-electron chi connectivity index (χ1n) is 7.29. The quantitative estimate of drug-likeness (QED) is 0.802. The Kier molecular flexibility index (Phi) is 9.58.